The first-order chi connectivity index (χ1) is 12.6. The molecule has 0 saturated heterocycles. The van der Waals surface area contributed by atoms with Crippen molar-refractivity contribution in [2.75, 3.05) is 18.5 Å². The van der Waals surface area contributed by atoms with Gasteiger partial charge in [-0.3, -0.25) is 4.79 Å². The van der Waals surface area contributed by atoms with Gasteiger partial charge in [0.05, 0.1) is 6.61 Å². The molecule has 1 fully saturated rings. The van der Waals surface area contributed by atoms with Crippen LogP contribution < -0.4 is 5.32 Å². The van der Waals surface area contributed by atoms with Gasteiger partial charge in [0.2, 0.25) is 5.91 Å². The van der Waals surface area contributed by atoms with E-state index in [0.29, 0.717) is 6.54 Å². The van der Waals surface area contributed by atoms with Gasteiger partial charge in [-0.15, -0.1) is 0 Å². The topological polar surface area (TPSA) is 52.6 Å². The van der Waals surface area contributed by atoms with Crippen LogP contribution in [-0.4, -0.2) is 34.6 Å². The lowest BCUT2D eigenvalue weighted by Gasteiger charge is -2.36. The van der Waals surface area contributed by atoms with Crippen molar-refractivity contribution in [1.29, 1.82) is 0 Å². The minimum atomic E-state index is -0.642. The van der Waals surface area contributed by atoms with E-state index in [4.69, 9.17) is 0 Å². The summed E-state index contributed by atoms with van der Waals surface area (Å²) in [5.41, 5.74) is 1.13. The molecule has 0 atom stereocenters. The van der Waals surface area contributed by atoms with Crippen LogP contribution in [0.4, 0.5) is 10.1 Å². The van der Waals surface area contributed by atoms with Crippen LogP contribution in [0, 0.1) is 5.82 Å². The molecule has 0 unspecified atom stereocenters. The molecule has 0 aliphatic heterocycles. The summed E-state index contributed by atoms with van der Waals surface area (Å²) in [6.45, 7) is 0.515. The molecule has 0 aromatic heterocycles. The Morgan fingerprint density at radius 3 is 2.35 bits per heavy atom. The highest BCUT2D eigenvalue weighted by molar-refractivity contribution is 5.90. The zero-order valence-corrected chi connectivity index (χ0v) is 14.8. The predicted octanol–water partition coefficient (Wildman–Crippen LogP) is 3.57. The van der Waals surface area contributed by atoms with E-state index in [1.165, 1.54) is 12.1 Å². The Hall–Kier alpha value is -2.40. The second-order valence-electron chi connectivity index (χ2n) is 6.86. The highest BCUT2D eigenvalue weighted by Crippen LogP contribution is 2.35. The van der Waals surface area contributed by atoms with Crippen LogP contribution in [0.2, 0.25) is 0 Å². The highest BCUT2D eigenvalue weighted by Gasteiger charge is 2.43. The van der Waals surface area contributed by atoms with Crippen LogP contribution in [0.25, 0.3) is 0 Å². The number of para-hydroxylation sites is 1. The number of anilines is 1. The Morgan fingerprint density at radius 1 is 1.08 bits per heavy atom. The van der Waals surface area contributed by atoms with E-state index in [9.17, 15) is 14.3 Å². The smallest absolute Gasteiger partial charge is 0.248 e. The Balaban J connectivity index is 1.81. The van der Waals surface area contributed by atoms with Crippen molar-refractivity contribution in [2.45, 2.75) is 37.8 Å². The number of nitrogens with one attached hydrogen (secondary N) is 1. The maximum Gasteiger partial charge on any atom is 0.248 e. The zero-order valence-electron chi connectivity index (χ0n) is 14.8. The van der Waals surface area contributed by atoms with Crippen LogP contribution >= 0.6 is 0 Å². The summed E-state index contributed by atoms with van der Waals surface area (Å²) < 4.78 is 13.1. The first-order valence-electron chi connectivity index (χ1n) is 9.11. The lowest BCUT2D eigenvalue weighted by Crippen LogP contribution is -2.52. The van der Waals surface area contributed by atoms with Crippen LogP contribution in [0.1, 0.15) is 31.2 Å². The van der Waals surface area contributed by atoms with Crippen LogP contribution in [0.15, 0.2) is 54.6 Å². The number of amides is 1. The molecule has 1 saturated carbocycles. The van der Waals surface area contributed by atoms with Gasteiger partial charge < -0.3 is 15.3 Å². The summed E-state index contributed by atoms with van der Waals surface area (Å²) in [5, 5.41) is 12.9. The van der Waals surface area contributed by atoms with Crippen molar-refractivity contribution in [3.05, 3.63) is 66.0 Å². The Labute approximate surface area is 153 Å². The third-order valence-corrected chi connectivity index (χ3v) is 4.97. The minimum absolute atomic E-state index is 0.00257. The van der Waals surface area contributed by atoms with Gasteiger partial charge in [0.15, 0.2) is 0 Å². The van der Waals surface area contributed by atoms with Crippen molar-refractivity contribution < 1.29 is 14.3 Å². The molecule has 2 N–H and O–H groups in total. The largest absolute Gasteiger partial charge is 0.395 e. The Bertz CT molecular complexity index is 713. The molecule has 3 rings (SSSR count). The number of nitrogens with zero attached hydrogens (tertiary/aromatic N) is 1. The van der Waals surface area contributed by atoms with Crippen molar-refractivity contribution in [2.24, 2.45) is 0 Å². The number of hydrogen-bond acceptors (Lipinski definition) is 3. The van der Waals surface area contributed by atoms with Gasteiger partial charge >= 0.3 is 0 Å². The molecule has 4 nitrogen and oxygen atoms in total. The molecular formula is C21H25FN2O2. The molecule has 1 aliphatic rings. The van der Waals surface area contributed by atoms with Crippen molar-refractivity contribution in [3.63, 3.8) is 0 Å². The van der Waals surface area contributed by atoms with Crippen LogP contribution in [0.3, 0.4) is 0 Å². The molecule has 5 heteroatoms. The molecule has 0 bridgehead atoms. The van der Waals surface area contributed by atoms with E-state index in [1.54, 1.807) is 17.0 Å². The lowest BCUT2D eigenvalue weighted by atomic mass is 9.94. The van der Waals surface area contributed by atoms with Gasteiger partial charge in [0.1, 0.15) is 11.4 Å². The van der Waals surface area contributed by atoms with Gasteiger partial charge in [-0.05, 0) is 42.7 Å². The van der Waals surface area contributed by atoms with Crippen LogP contribution in [0.5, 0.6) is 0 Å². The average Bonchev–Trinajstić information content (AvgIpc) is 3.13. The number of benzene rings is 2. The van der Waals surface area contributed by atoms with Crippen LogP contribution in [-0.2, 0) is 11.3 Å². The Morgan fingerprint density at radius 2 is 1.73 bits per heavy atom. The quantitative estimate of drug-likeness (QED) is 0.797. The molecule has 0 spiro atoms. The second-order valence-corrected chi connectivity index (χ2v) is 6.86. The van der Waals surface area contributed by atoms with E-state index in [0.717, 1.165) is 36.9 Å². The predicted molar refractivity (Wildman–Crippen MR) is 100 cm³/mol. The molecule has 1 amide bonds. The van der Waals surface area contributed by atoms with Crippen molar-refractivity contribution in [1.82, 2.24) is 4.90 Å². The standard InChI is InChI=1S/C21H25FN2O2/c22-18-10-8-17(9-11-18)16-24(14-15-25)20(26)21(12-4-5-13-21)23-19-6-2-1-3-7-19/h1-3,6-11,23,25H,4-5,12-16H2. The fraction of sp³-hybridized carbons (Fsp3) is 0.381. The van der Waals surface area contributed by atoms with Gasteiger partial charge in [0, 0.05) is 18.8 Å². The highest BCUT2D eigenvalue weighted by atomic mass is 19.1. The first kappa shape index (κ1) is 18.4. The number of rotatable bonds is 7. The summed E-state index contributed by atoms with van der Waals surface area (Å²) >= 11 is 0. The van der Waals surface area contributed by atoms with Gasteiger partial charge in [-0.1, -0.05) is 43.2 Å². The first-order valence-corrected chi connectivity index (χ1v) is 9.11. The van der Waals surface area contributed by atoms with E-state index >= 15 is 0 Å². The monoisotopic (exact) mass is 356 g/mol. The average molecular weight is 356 g/mol. The normalized spacial score (nSPS) is 15.6. The summed E-state index contributed by atoms with van der Waals surface area (Å²) in [6.07, 6.45) is 3.53. The fourth-order valence-corrected chi connectivity index (χ4v) is 3.65. The number of aliphatic hydroxyl groups is 1. The maximum absolute atomic E-state index is 13.4. The third kappa shape index (κ3) is 4.22. The summed E-state index contributed by atoms with van der Waals surface area (Å²) in [5.74, 6) is -0.302. The summed E-state index contributed by atoms with van der Waals surface area (Å²) in [7, 11) is 0. The zero-order chi connectivity index (χ0) is 18.4. The summed E-state index contributed by atoms with van der Waals surface area (Å²) in [6, 6.07) is 15.9. The molecule has 26 heavy (non-hydrogen) atoms. The number of halogens is 1. The van der Waals surface area contributed by atoms with E-state index in [2.05, 4.69) is 5.32 Å². The van der Waals surface area contributed by atoms with Crippen molar-refractivity contribution >= 4 is 11.6 Å². The van der Waals surface area contributed by atoms with Gasteiger partial charge in [0.25, 0.3) is 0 Å². The molecule has 138 valence electrons. The van der Waals surface area contributed by atoms with E-state index < -0.39 is 5.54 Å². The number of carbonyl (C=O) groups excluding carboxylic acids is 1. The molecule has 2 aromatic rings. The minimum Gasteiger partial charge on any atom is -0.395 e. The molecular weight excluding hydrogens is 331 g/mol. The Kier molecular flexibility index (Phi) is 5.89. The third-order valence-electron chi connectivity index (χ3n) is 4.97. The van der Waals surface area contributed by atoms with E-state index in [-0.39, 0.29) is 24.9 Å². The lowest BCUT2D eigenvalue weighted by molar-refractivity contribution is -0.137. The molecule has 0 heterocycles. The molecule has 0 radical (unpaired) electrons. The van der Waals surface area contributed by atoms with E-state index in [1.807, 2.05) is 30.3 Å². The van der Waals surface area contributed by atoms with Crippen molar-refractivity contribution in [3.8, 4) is 0 Å². The maximum atomic E-state index is 13.4. The summed E-state index contributed by atoms with van der Waals surface area (Å²) in [4.78, 5) is 15.1. The molecule has 1 aliphatic carbocycles. The molecule has 2 aromatic carbocycles. The SMILES string of the molecule is O=C(N(CCO)Cc1ccc(F)cc1)C1(Nc2ccccc2)CCCC1. The fourth-order valence-electron chi connectivity index (χ4n) is 3.65. The number of carbonyl (C=O) groups is 1. The number of aliphatic hydroxyl groups excluding tert-OH is 1. The second kappa shape index (κ2) is 8.32. The van der Waals surface area contributed by atoms with Gasteiger partial charge in [-0.25, -0.2) is 4.39 Å². The number of hydrogen-bond donors (Lipinski definition) is 2. The van der Waals surface area contributed by atoms with Gasteiger partial charge in [-0.2, -0.15) is 0 Å².